The molecule has 14 heteroatoms. The monoisotopic (exact) mass is 585 g/mol. The lowest BCUT2D eigenvalue weighted by Crippen LogP contribution is -2.30. The van der Waals surface area contributed by atoms with Crippen molar-refractivity contribution in [1.82, 2.24) is 19.5 Å². The van der Waals surface area contributed by atoms with Gasteiger partial charge in [-0.05, 0) is 63.5 Å². The largest absolute Gasteiger partial charge is 0.416 e. The van der Waals surface area contributed by atoms with Gasteiger partial charge in [-0.15, -0.1) is 0 Å². The lowest BCUT2D eigenvalue weighted by Gasteiger charge is -2.29. The van der Waals surface area contributed by atoms with Crippen molar-refractivity contribution in [2.24, 2.45) is 11.7 Å². The number of nitrogens with two attached hydrogens (primary N) is 1. The van der Waals surface area contributed by atoms with Crippen LogP contribution in [0.1, 0.15) is 63.0 Å². The third-order valence-corrected chi connectivity index (χ3v) is 8.08. The number of aromatic nitrogens is 4. The van der Waals surface area contributed by atoms with Crippen LogP contribution in [-0.4, -0.2) is 42.7 Å². The topological polar surface area (TPSA) is 131 Å². The molecule has 0 saturated heterocycles. The summed E-state index contributed by atoms with van der Waals surface area (Å²) in [5.41, 5.74) is 5.61. The van der Waals surface area contributed by atoms with Gasteiger partial charge in [0.2, 0.25) is 17.8 Å². The molecule has 1 unspecified atom stereocenters. The molecule has 39 heavy (non-hydrogen) atoms. The van der Waals surface area contributed by atoms with Crippen molar-refractivity contribution in [2.45, 2.75) is 75.7 Å². The van der Waals surface area contributed by atoms with Crippen LogP contribution in [0.2, 0.25) is 10.0 Å². The van der Waals surface area contributed by atoms with Crippen LogP contribution >= 0.6 is 23.2 Å². The Kier molecular flexibility index (Phi) is 7.80. The van der Waals surface area contributed by atoms with E-state index in [1.807, 2.05) is 4.57 Å². The van der Waals surface area contributed by atoms with Crippen LogP contribution in [0.15, 0.2) is 18.3 Å². The highest BCUT2D eigenvalue weighted by atomic mass is 35.5. The van der Waals surface area contributed by atoms with Gasteiger partial charge >= 0.3 is 6.18 Å². The lowest BCUT2D eigenvalue weighted by molar-refractivity contribution is -0.137. The normalized spacial score (nSPS) is 24.1. The second-order valence-electron chi connectivity index (χ2n) is 10.2. The Bertz CT molecular complexity index is 1350. The second kappa shape index (κ2) is 11.0. The first kappa shape index (κ1) is 27.7. The average Bonchev–Trinajstić information content (AvgIpc) is 3.23. The molecular weight excluding hydrogens is 558 g/mol. The van der Waals surface area contributed by atoms with Crippen LogP contribution < -0.4 is 16.4 Å². The molecule has 3 aromatic rings. The Morgan fingerprint density at radius 1 is 1.08 bits per heavy atom. The number of imidazole rings is 1. The quantitative estimate of drug-likeness (QED) is 0.286. The Morgan fingerprint density at radius 3 is 2.38 bits per heavy atom. The SMILES string of the molecule is NC(=O)C1CCC(n2c(Nc3c(Cl)cc(C(F)(F)F)cc3Cl)nc3cnc(NC4CCC[C@H](O)C4)nc32)CC1. The van der Waals surface area contributed by atoms with E-state index in [1.54, 1.807) is 6.20 Å². The zero-order valence-electron chi connectivity index (χ0n) is 20.8. The van der Waals surface area contributed by atoms with E-state index in [9.17, 15) is 23.1 Å². The van der Waals surface area contributed by atoms with E-state index >= 15 is 0 Å². The average molecular weight is 586 g/mol. The highest BCUT2D eigenvalue weighted by Gasteiger charge is 2.33. The third kappa shape index (κ3) is 6.02. The molecule has 1 aromatic carbocycles. The van der Waals surface area contributed by atoms with E-state index in [0.29, 0.717) is 49.2 Å². The van der Waals surface area contributed by atoms with E-state index in [-0.39, 0.29) is 51.7 Å². The molecule has 1 amide bonds. The molecule has 2 aliphatic rings. The highest BCUT2D eigenvalue weighted by molar-refractivity contribution is 6.39. The number of alkyl halides is 3. The van der Waals surface area contributed by atoms with Gasteiger partial charge in [0.05, 0.1) is 33.6 Å². The number of primary amides is 1. The van der Waals surface area contributed by atoms with E-state index in [4.69, 9.17) is 33.9 Å². The van der Waals surface area contributed by atoms with Crippen molar-refractivity contribution < 1.29 is 23.1 Å². The lowest BCUT2D eigenvalue weighted by atomic mass is 9.85. The van der Waals surface area contributed by atoms with Crippen molar-refractivity contribution in [3.63, 3.8) is 0 Å². The van der Waals surface area contributed by atoms with Crippen LogP contribution in [0.4, 0.5) is 30.8 Å². The summed E-state index contributed by atoms with van der Waals surface area (Å²) >= 11 is 12.5. The number of anilines is 3. The maximum absolute atomic E-state index is 13.2. The summed E-state index contributed by atoms with van der Waals surface area (Å²) in [7, 11) is 0. The molecule has 2 saturated carbocycles. The maximum Gasteiger partial charge on any atom is 0.416 e. The molecule has 0 bridgehead atoms. The van der Waals surface area contributed by atoms with Crippen LogP contribution in [0.5, 0.6) is 0 Å². The van der Waals surface area contributed by atoms with Gasteiger partial charge in [0.25, 0.3) is 0 Å². The first-order valence-electron chi connectivity index (χ1n) is 12.8. The Balaban J connectivity index is 1.52. The Hall–Kier alpha value is -2.83. The van der Waals surface area contributed by atoms with Crippen LogP contribution in [0, 0.1) is 5.92 Å². The molecule has 0 spiro atoms. The molecule has 2 atom stereocenters. The zero-order valence-corrected chi connectivity index (χ0v) is 22.3. The Morgan fingerprint density at radius 2 is 1.77 bits per heavy atom. The predicted octanol–water partition coefficient (Wildman–Crippen LogP) is 5.83. The highest BCUT2D eigenvalue weighted by Crippen LogP contribution is 2.42. The van der Waals surface area contributed by atoms with Gasteiger partial charge in [0.1, 0.15) is 5.52 Å². The van der Waals surface area contributed by atoms with Crippen molar-refractivity contribution >= 4 is 57.9 Å². The van der Waals surface area contributed by atoms with Gasteiger partial charge in [-0.25, -0.2) is 9.97 Å². The van der Waals surface area contributed by atoms with Gasteiger partial charge < -0.3 is 21.5 Å². The van der Waals surface area contributed by atoms with E-state index in [0.717, 1.165) is 31.4 Å². The fourth-order valence-electron chi connectivity index (χ4n) is 5.46. The summed E-state index contributed by atoms with van der Waals surface area (Å²) in [5, 5.41) is 15.9. The van der Waals surface area contributed by atoms with Gasteiger partial charge in [-0.1, -0.05) is 23.2 Å². The molecule has 2 heterocycles. The van der Waals surface area contributed by atoms with Crippen molar-refractivity contribution in [1.29, 1.82) is 0 Å². The van der Waals surface area contributed by atoms with Crippen molar-refractivity contribution in [3.8, 4) is 0 Å². The fraction of sp³-hybridized carbons (Fsp3) is 0.520. The minimum Gasteiger partial charge on any atom is -0.393 e. The number of hydrogen-bond acceptors (Lipinski definition) is 7. The van der Waals surface area contributed by atoms with Crippen LogP contribution in [-0.2, 0) is 11.0 Å². The number of aliphatic hydroxyl groups excluding tert-OH is 1. The molecule has 5 rings (SSSR count). The number of hydrogen-bond donors (Lipinski definition) is 4. The molecule has 2 fully saturated rings. The molecule has 5 N–H and O–H groups in total. The van der Waals surface area contributed by atoms with Crippen molar-refractivity contribution in [2.75, 3.05) is 10.6 Å². The number of nitrogens with zero attached hydrogens (tertiary/aromatic N) is 4. The van der Waals surface area contributed by atoms with Gasteiger partial charge in [-0.3, -0.25) is 9.36 Å². The second-order valence-corrected chi connectivity index (χ2v) is 11.0. The maximum atomic E-state index is 13.2. The molecular formula is C25H28Cl2F3N7O2. The number of nitrogens with one attached hydrogen (secondary N) is 2. The Labute approximate surface area is 232 Å². The van der Waals surface area contributed by atoms with Crippen molar-refractivity contribution in [3.05, 3.63) is 33.9 Å². The third-order valence-electron chi connectivity index (χ3n) is 7.48. The minimum absolute atomic E-state index is 0.0240. The summed E-state index contributed by atoms with van der Waals surface area (Å²) < 4.78 is 41.6. The summed E-state index contributed by atoms with van der Waals surface area (Å²) in [5.74, 6) is 0.103. The fourth-order valence-corrected chi connectivity index (χ4v) is 6.04. The van der Waals surface area contributed by atoms with Gasteiger partial charge in [0.15, 0.2) is 5.65 Å². The smallest absolute Gasteiger partial charge is 0.393 e. The first-order chi connectivity index (χ1) is 18.5. The van der Waals surface area contributed by atoms with Crippen LogP contribution in [0.25, 0.3) is 11.2 Å². The number of benzene rings is 1. The number of rotatable bonds is 6. The number of carbonyl (C=O) groups excluding carboxylic acids is 1. The van der Waals surface area contributed by atoms with Crippen LogP contribution in [0.3, 0.4) is 0 Å². The first-order valence-corrected chi connectivity index (χ1v) is 13.6. The molecule has 2 aliphatic carbocycles. The molecule has 2 aromatic heterocycles. The number of carbonyl (C=O) groups is 1. The van der Waals surface area contributed by atoms with Gasteiger partial charge in [0, 0.05) is 18.0 Å². The van der Waals surface area contributed by atoms with E-state index < -0.39 is 11.7 Å². The summed E-state index contributed by atoms with van der Waals surface area (Å²) in [6.45, 7) is 0. The number of amides is 1. The number of aliphatic hydroxyl groups is 1. The van der Waals surface area contributed by atoms with E-state index in [1.165, 1.54) is 0 Å². The summed E-state index contributed by atoms with van der Waals surface area (Å²) in [6, 6.07) is 1.51. The summed E-state index contributed by atoms with van der Waals surface area (Å²) in [4.78, 5) is 25.5. The number of fused-ring (bicyclic) bond motifs is 1. The molecule has 210 valence electrons. The summed E-state index contributed by atoms with van der Waals surface area (Å²) in [6.07, 6.45) is 2.11. The van der Waals surface area contributed by atoms with Gasteiger partial charge in [-0.2, -0.15) is 18.2 Å². The molecule has 0 radical (unpaired) electrons. The predicted molar refractivity (Wildman–Crippen MR) is 142 cm³/mol. The standard InChI is InChI=1S/C25H28Cl2F3N7O2/c26-17-8-13(25(28,29)30)9-18(27)20(17)35-24-34-19-11-32-23(33-14-2-1-3-16(38)10-14)36-22(19)37(24)15-6-4-12(5-7-15)21(31)39/h8-9,11-12,14-16,38H,1-7,10H2,(H2,31,39)(H,34,35)(H,32,33,36)/t12?,14?,15?,16-/m0/s1. The zero-order chi connectivity index (χ0) is 27.9. The minimum atomic E-state index is -4.61. The van der Waals surface area contributed by atoms with E-state index in [2.05, 4.69) is 20.6 Å². The number of halogens is 5. The molecule has 0 aliphatic heterocycles. The molecule has 9 nitrogen and oxygen atoms in total.